The number of nitrogens with zero attached hydrogens (tertiary/aromatic N) is 4. The van der Waals surface area contributed by atoms with Gasteiger partial charge in [0.2, 0.25) is 0 Å². The third kappa shape index (κ3) is 5.55. The minimum absolute atomic E-state index is 0.0412. The number of benzene rings is 4. The molecule has 0 fully saturated rings. The molecule has 0 spiro atoms. The van der Waals surface area contributed by atoms with E-state index in [1.54, 1.807) is 0 Å². The van der Waals surface area contributed by atoms with Crippen LogP contribution >= 0.6 is 0 Å². The van der Waals surface area contributed by atoms with E-state index in [1.807, 2.05) is 70.0 Å². The standard InChI is InChI=1S/C42H41FN4O/c1-26-20-27(2)40(42(6,7)8)38(39(26)41(3,4)5)28-24-45-46(25-28)30-12-11-13-31(22-30)48-32-16-17-34-33-14-9-10-15-35(33)47(36(34)23-32)37-21-29(43)18-19-44-37/h9-25H,1-8H3. The third-order valence-corrected chi connectivity index (χ3v) is 8.99. The smallest absolute Gasteiger partial charge is 0.140 e. The Kier molecular flexibility index (Phi) is 7.50. The minimum Gasteiger partial charge on any atom is -0.457 e. The molecular formula is C42H41FN4O. The summed E-state index contributed by atoms with van der Waals surface area (Å²) in [5.74, 6) is 1.54. The number of halogens is 1. The van der Waals surface area contributed by atoms with Gasteiger partial charge in [0.25, 0.3) is 0 Å². The molecule has 0 radical (unpaired) electrons. The molecule has 48 heavy (non-hydrogen) atoms. The number of fused-ring (bicyclic) bond motifs is 3. The van der Waals surface area contributed by atoms with Gasteiger partial charge in [-0.05, 0) is 88.9 Å². The molecule has 3 aromatic heterocycles. The molecule has 0 N–H and O–H groups in total. The van der Waals surface area contributed by atoms with Crippen LogP contribution in [0.5, 0.6) is 11.5 Å². The van der Waals surface area contributed by atoms with Gasteiger partial charge in [-0.15, -0.1) is 0 Å². The van der Waals surface area contributed by atoms with E-state index >= 15 is 0 Å². The van der Waals surface area contributed by atoms with Crippen LogP contribution < -0.4 is 4.74 Å². The Bertz CT molecular complexity index is 2290. The topological polar surface area (TPSA) is 44.9 Å². The molecule has 0 aliphatic rings. The summed E-state index contributed by atoms with van der Waals surface area (Å²) in [7, 11) is 0. The third-order valence-electron chi connectivity index (χ3n) is 8.99. The average molecular weight is 637 g/mol. The van der Waals surface area contributed by atoms with Crippen LogP contribution in [0.1, 0.15) is 63.8 Å². The second kappa shape index (κ2) is 11.5. The first-order valence-corrected chi connectivity index (χ1v) is 16.4. The van der Waals surface area contributed by atoms with Crippen LogP contribution in [0.25, 0.3) is 44.4 Å². The summed E-state index contributed by atoms with van der Waals surface area (Å²) in [4.78, 5) is 4.48. The zero-order chi connectivity index (χ0) is 34.0. The summed E-state index contributed by atoms with van der Waals surface area (Å²) in [5.41, 5.74) is 10.4. The summed E-state index contributed by atoms with van der Waals surface area (Å²) in [6.07, 6.45) is 5.61. The van der Waals surface area contributed by atoms with Gasteiger partial charge in [0.15, 0.2) is 0 Å². The Balaban J connectivity index is 1.28. The Morgan fingerprint density at radius 1 is 0.688 bits per heavy atom. The molecule has 0 amide bonds. The molecule has 0 aliphatic heterocycles. The maximum atomic E-state index is 14.3. The molecule has 3 heterocycles. The fourth-order valence-corrected chi connectivity index (χ4v) is 7.41. The second-order valence-corrected chi connectivity index (χ2v) is 14.8. The number of hydrogen-bond acceptors (Lipinski definition) is 3. The molecule has 4 aromatic carbocycles. The molecule has 7 rings (SSSR count). The molecule has 0 saturated carbocycles. The van der Waals surface area contributed by atoms with Crippen molar-refractivity contribution in [3.63, 3.8) is 0 Å². The molecule has 0 saturated heterocycles. The normalized spacial score (nSPS) is 12.3. The van der Waals surface area contributed by atoms with Crippen LogP contribution in [-0.4, -0.2) is 19.3 Å². The fourth-order valence-electron chi connectivity index (χ4n) is 7.41. The van der Waals surface area contributed by atoms with Crippen LogP contribution in [0.2, 0.25) is 0 Å². The zero-order valence-electron chi connectivity index (χ0n) is 28.9. The van der Waals surface area contributed by atoms with E-state index in [2.05, 4.69) is 84.8 Å². The Morgan fingerprint density at radius 3 is 2.08 bits per heavy atom. The van der Waals surface area contributed by atoms with E-state index < -0.39 is 0 Å². The van der Waals surface area contributed by atoms with Crippen LogP contribution in [0.15, 0.2) is 104 Å². The first kappa shape index (κ1) is 31.4. The van der Waals surface area contributed by atoms with Gasteiger partial charge < -0.3 is 4.74 Å². The maximum Gasteiger partial charge on any atom is 0.140 e. The summed E-state index contributed by atoms with van der Waals surface area (Å²) in [6, 6.07) is 27.2. The largest absolute Gasteiger partial charge is 0.457 e. The van der Waals surface area contributed by atoms with E-state index in [4.69, 9.17) is 9.84 Å². The number of hydrogen-bond donors (Lipinski definition) is 0. The molecule has 7 aromatic rings. The van der Waals surface area contributed by atoms with Gasteiger partial charge in [-0.25, -0.2) is 14.1 Å². The quantitative estimate of drug-likeness (QED) is 0.189. The van der Waals surface area contributed by atoms with Crippen molar-refractivity contribution in [2.24, 2.45) is 0 Å². The van der Waals surface area contributed by atoms with Crippen molar-refractivity contribution in [1.82, 2.24) is 19.3 Å². The highest BCUT2D eigenvalue weighted by atomic mass is 19.1. The maximum absolute atomic E-state index is 14.3. The van der Waals surface area contributed by atoms with Crippen LogP contribution in [0.4, 0.5) is 4.39 Å². The predicted octanol–water partition coefficient (Wildman–Crippen LogP) is 11.2. The molecule has 5 nitrogen and oxygen atoms in total. The van der Waals surface area contributed by atoms with Crippen molar-refractivity contribution in [2.45, 2.75) is 66.2 Å². The van der Waals surface area contributed by atoms with Crippen LogP contribution in [0, 0.1) is 19.7 Å². The van der Waals surface area contributed by atoms with Crippen molar-refractivity contribution < 1.29 is 9.13 Å². The predicted molar refractivity (Wildman–Crippen MR) is 194 cm³/mol. The highest BCUT2D eigenvalue weighted by Crippen LogP contribution is 2.44. The van der Waals surface area contributed by atoms with Gasteiger partial charge in [0.1, 0.15) is 23.1 Å². The first-order valence-electron chi connectivity index (χ1n) is 16.4. The van der Waals surface area contributed by atoms with Gasteiger partial charge in [-0.1, -0.05) is 71.9 Å². The van der Waals surface area contributed by atoms with Gasteiger partial charge in [0.05, 0.1) is 22.9 Å². The van der Waals surface area contributed by atoms with Crippen molar-refractivity contribution in [3.8, 4) is 34.1 Å². The number of aromatic nitrogens is 4. The Morgan fingerprint density at radius 2 is 1.38 bits per heavy atom. The zero-order valence-corrected chi connectivity index (χ0v) is 28.9. The lowest BCUT2D eigenvalue weighted by Gasteiger charge is -2.33. The summed E-state index contributed by atoms with van der Waals surface area (Å²) < 4.78 is 24.7. The number of para-hydroxylation sites is 1. The van der Waals surface area contributed by atoms with Gasteiger partial charge >= 0.3 is 0 Å². The molecule has 0 aliphatic carbocycles. The number of aryl methyl sites for hydroxylation is 2. The van der Waals surface area contributed by atoms with Gasteiger partial charge in [0, 0.05) is 46.9 Å². The highest BCUT2D eigenvalue weighted by molar-refractivity contribution is 6.09. The van der Waals surface area contributed by atoms with Gasteiger partial charge in [-0.2, -0.15) is 5.10 Å². The summed E-state index contributed by atoms with van der Waals surface area (Å²) in [5, 5.41) is 6.96. The van der Waals surface area contributed by atoms with Crippen molar-refractivity contribution in [1.29, 1.82) is 0 Å². The number of pyridine rings is 1. The SMILES string of the molecule is Cc1cc(C)c(C(C)(C)C)c(-c2cnn(-c3cccc(Oc4ccc5c6ccccc6n(-c6cc(F)ccn6)c5c4)c3)c2)c1C(C)(C)C. The van der Waals surface area contributed by atoms with E-state index in [9.17, 15) is 4.39 Å². The van der Waals surface area contributed by atoms with Crippen LogP contribution in [-0.2, 0) is 10.8 Å². The lowest BCUT2D eigenvalue weighted by Crippen LogP contribution is -2.22. The van der Waals surface area contributed by atoms with E-state index in [1.165, 1.54) is 46.1 Å². The monoisotopic (exact) mass is 636 g/mol. The van der Waals surface area contributed by atoms with E-state index in [0.717, 1.165) is 33.1 Å². The molecule has 0 bridgehead atoms. The van der Waals surface area contributed by atoms with Gasteiger partial charge in [-0.3, -0.25) is 4.57 Å². The van der Waals surface area contributed by atoms with Crippen molar-refractivity contribution in [3.05, 3.63) is 132 Å². The van der Waals surface area contributed by atoms with Crippen molar-refractivity contribution in [2.75, 3.05) is 0 Å². The Labute approximate surface area is 281 Å². The minimum atomic E-state index is -0.335. The Hall–Kier alpha value is -5.23. The molecule has 0 atom stereocenters. The molecule has 242 valence electrons. The molecular weight excluding hydrogens is 595 g/mol. The summed E-state index contributed by atoms with van der Waals surface area (Å²) >= 11 is 0. The molecule has 6 heteroatoms. The summed E-state index contributed by atoms with van der Waals surface area (Å²) in [6.45, 7) is 18.2. The highest BCUT2D eigenvalue weighted by Gasteiger charge is 2.30. The second-order valence-electron chi connectivity index (χ2n) is 14.8. The van der Waals surface area contributed by atoms with E-state index in [0.29, 0.717) is 17.3 Å². The first-order chi connectivity index (χ1) is 22.8. The number of rotatable bonds is 5. The fraction of sp³-hybridized carbons (Fsp3) is 0.238. The average Bonchev–Trinajstić information content (AvgIpc) is 3.63. The lowest BCUT2D eigenvalue weighted by atomic mass is 9.71. The lowest BCUT2D eigenvalue weighted by molar-refractivity contribution is 0.483. The van der Waals surface area contributed by atoms with Crippen LogP contribution in [0.3, 0.4) is 0 Å². The number of ether oxygens (including phenoxy) is 1. The molecule has 0 unspecified atom stereocenters. The van der Waals surface area contributed by atoms with Crippen molar-refractivity contribution >= 4 is 21.8 Å². The van der Waals surface area contributed by atoms with E-state index in [-0.39, 0.29) is 16.6 Å².